The quantitative estimate of drug-likeness (QED) is 0.448. The number of hydrogen-bond acceptors (Lipinski definition) is 6. The summed E-state index contributed by atoms with van der Waals surface area (Å²) >= 11 is 0. The number of para-hydroxylation sites is 2. The van der Waals surface area contributed by atoms with Crippen molar-refractivity contribution in [2.24, 2.45) is 0 Å². The lowest BCUT2D eigenvalue weighted by Crippen LogP contribution is -2.47. The fraction of sp³-hybridized carbons (Fsp3) is 0.355. The maximum Gasteiger partial charge on any atom is 0.255 e. The van der Waals surface area contributed by atoms with Gasteiger partial charge in [0.1, 0.15) is 5.75 Å². The molecular weight excluding hydrogens is 492 g/mol. The monoisotopic (exact) mass is 528 g/mol. The van der Waals surface area contributed by atoms with Gasteiger partial charge in [0.2, 0.25) is 0 Å². The molecule has 0 radical (unpaired) electrons. The van der Waals surface area contributed by atoms with Crippen LogP contribution in [-0.4, -0.2) is 64.4 Å². The third-order valence-electron chi connectivity index (χ3n) is 7.45. The lowest BCUT2D eigenvalue weighted by Gasteiger charge is -2.38. The molecule has 1 atom stereocenters. The number of aryl methyl sites for hydroxylation is 1. The summed E-state index contributed by atoms with van der Waals surface area (Å²) in [6.07, 6.45) is 2.01. The molecule has 2 saturated heterocycles. The molecule has 2 amide bonds. The number of nitrogens with one attached hydrogen (secondary N) is 2. The first-order valence-electron chi connectivity index (χ1n) is 13.6. The summed E-state index contributed by atoms with van der Waals surface area (Å²) in [7, 11) is 1.69. The van der Waals surface area contributed by atoms with Gasteiger partial charge < -0.3 is 29.9 Å². The van der Waals surface area contributed by atoms with Crippen LogP contribution in [0.25, 0.3) is 0 Å². The molecule has 0 spiro atoms. The third-order valence-corrected chi connectivity index (χ3v) is 7.45. The first kappa shape index (κ1) is 26.6. The van der Waals surface area contributed by atoms with E-state index in [1.54, 1.807) is 19.2 Å². The van der Waals surface area contributed by atoms with E-state index in [9.17, 15) is 9.59 Å². The van der Waals surface area contributed by atoms with Crippen molar-refractivity contribution in [3.05, 3.63) is 83.4 Å². The zero-order valence-electron chi connectivity index (χ0n) is 22.6. The fourth-order valence-corrected chi connectivity index (χ4v) is 5.28. The SMILES string of the molecule is COc1ccccc1N1CCN(c2ccc(NC(=O)c3ccccc3C)cc2C(=O)NC[C@@H]2CCCO2)CC1. The number of hydrogen-bond donors (Lipinski definition) is 2. The first-order chi connectivity index (χ1) is 19.0. The molecule has 8 nitrogen and oxygen atoms in total. The Hall–Kier alpha value is -4.04. The van der Waals surface area contributed by atoms with Crippen molar-refractivity contribution in [2.45, 2.75) is 25.9 Å². The molecule has 0 bridgehead atoms. The zero-order valence-corrected chi connectivity index (χ0v) is 22.6. The summed E-state index contributed by atoms with van der Waals surface area (Å²) in [5, 5.41) is 6.04. The van der Waals surface area contributed by atoms with Crippen LogP contribution < -0.4 is 25.2 Å². The lowest BCUT2D eigenvalue weighted by molar-refractivity contribution is 0.0858. The summed E-state index contributed by atoms with van der Waals surface area (Å²) in [6, 6.07) is 21.1. The van der Waals surface area contributed by atoms with Crippen LogP contribution in [0.2, 0.25) is 0 Å². The standard InChI is InChI=1S/C31H36N4O4/c1-22-8-3-4-10-25(22)31(37)33-23-13-14-27(26(20-23)30(36)32-21-24-9-7-19-39-24)34-15-17-35(18-16-34)28-11-5-6-12-29(28)38-2/h3-6,8,10-14,20,24H,7,9,15-19,21H2,1-2H3,(H,32,36)(H,33,37)/t24-/m0/s1. The average Bonchev–Trinajstić information content (AvgIpc) is 3.50. The van der Waals surface area contributed by atoms with E-state index >= 15 is 0 Å². The molecule has 2 N–H and O–H groups in total. The molecule has 2 fully saturated rings. The predicted molar refractivity (Wildman–Crippen MR) is 154 cm³/mol. The number of ether oxygens (including phenoxy) is 2. The topological polar surface area (TPSA) is 83.1 Å². The van der Waals surface area contributed by atoms with Crippen LogP contribution in [0.15, 0.2) is 66.7 Å². The molecule has 39 heavy (non-hydrogen) atoms. The second kappa shape index (κ2) is 12.2. The second-order valence-electron chi connectivity index (χ2n) is 9.99. The number of carbonyl (C=O) groups excluding carboxylic acids is 2. The van der Waals surface area contributed by atoms with Crippen LogP contribution in [0.5, 0.6) is 5.75 Å². The summed E-state index contributed by atoms with van der Waals surface area (Å²) in [5.74, 6) is 0.491. The molecule has 0 aliphatic carbocycles. The number of piperazine rings is 1. The normalized spacial score (nSPS) is 17.1. The Morgan fingerprint density at radius 1 is 0.897 bits per heavy atom. The number of methoxy groups -OCH3 is 1. The highest BCUT2D eigenvalue weighted by molar-refractivity contribution is 6.07. The van der Waals surface area contributed by atoms with Crippen molar-refractivity contribution in [3.8, 4) is 5.75 Å². The summed E-state index contributed by atoms with van der Waals surface area (Å²) in [5.41, 5.74) is 4.56. The summed E-state index contributed by atoms with van der Waals surface area (Å²) in [4.78, 5) is 31.0. The van der Waals surface area contributed by atoms with E-state index in [1.165, 1.54) is 0 Å². The van der Waals surface area contributed by atoms with E-state index in [1.807, 2.05) is 55.5 Å². The minimum atomic E-state index is -0.197. The molecule has 0 saturated carbocycles. The van der Waals surface area contributed by atoms with Crippen LogP contribution >= 0.6 is 0 Å². The highest BCUT2D eigenvalue weighted by Crippen LogP contribution is 2.31. The van der Waals surface area contributed by atoms with E-state index < -0.39 is 0 Å². The maximum absolute atomic E-state index is 13.5. The Labute approximate surface area is 229 Å². The molecule has 2 heterocycles. The molecular formula is C31H36N4O4. The van der Waals surface area contributed by atoms with Crippen molar-refractivity contribution in [1.82, 2.24) is 5.32 Å². The van der Waals surface area contributed by atoms with Crippen molar-refractivity contribution < 1.29 is 19.1 Å². The van der Waals surface area contributed by atoms with Gasteiger partial charge in [0.25, 0.3) is 11.8 Å². The molecule has 2 aliphatic heterocycles. The van der Waals surface area contributed by atoms with Gasteiger partial charge in [0, 0.05) is 56.3 Å². The van der Waals surface area contributed by atoms with E-state index in [4.69, 9.17) is 9.47 Å². The van der Waals surface area contributed by atoms with Gasteiger partial charge in [0.05, 0.1) is 24.5 Å². The van der Waals surface area contributed by atoms with Crippen LogP contribution in [0.4, 0.5) is 17.1 Å². The minimum absolute atomic E-state index is 0.0470. The van der Waals surface area contributed by atoms with Gasteiger partial charge in [-0.25, -0.2) is 0 Å². The van der Waals surface area contributed by atoms with E-state index in [0.717, 1.165) is 68.3 Å². The van der Waals surface area contributed by atoms with Gasteiger partial charge in [-0.1, -0.05) is 30.3 Å². The fourth-order valence-electron chi connectivity index (χ4n) is 5.28. The Kier molecular flexibility index (Phi) is 8.32. The average molecular weight is 529 g/mol. The van der Waals surface area contributed by atoms with Gasteiger partial charge >= 0.3 is 0 Å². The van der Waals surface area contributed by atoms with Crippen molar-refractivity contribution in [1.29, 1.82) is 0 Å². The van der Waals surface area contributed by atoms with Crippen LogP contribution in [0.3, 0.4) is 0 Å². The van der Waals surface area contributed by atoms with Crippen LogP contribution in [0.1, 0.15) is 39.1 Å². The summed E-state index contributed by atoms with van der Waals surface area (Å²) < 4.78 is 11.3. The molecule has 3 aromatic rings. The van der Waals surface area contributed by atoms with Crippen molar-refractivity contribution in [3.63, 3.8) is 0 Å². The largest absolute Gasteiger partial charge is 0.495 e. The van der Waals surface area contributed by atoms with E-state index in [2.05, 4.69) is 26.5 Å². The van der Waals surface area contributed by atoms with E-state index in [-0.39, 0.29) is 17.9 Å². The molecule has 2 aliphatic rings. The second-order valence-corrected chi connectivity index (χ2v) is 9.99. The van der Waals surface area contributed by atoms with Gasteiger partial charge in [-0.2, -0.15) is 0 Å². The highest BCUT2D eigenvalue weighted by atomic mass is 16.5. The number of carbonyl (C=O) groups is 2. The highest BCUT2D eigenvalue weighted by Gasteiger charge is 2.25. The van der Waals surface area contributed by atoms with Crippen molar-refractivity contribution >= 4 is 28.9 Å². The van der Waals surface area contributed by atoms with Gasteiger partial charge in [-0.05, 0) is 61.7 Å². The number of anilines is 3. The molecule has 8 heteroatoms. The lowest BCUT2D eigenvalue weighted by atomic mass is 10.1. The molecule has 0 unspecified atom stereocenters. The van der Waals surface area contributed by atoms with Crippen LogP contribution in [-0.2, 0) is 4.74 Å². The molecule has 0 aromatic heterocycles. The predicted octanol–water partition coefficient (Wildman–Crippen LogP) is 4.49. The van der Waals surface area contributed by atoms with Crippen molar-refractivity contribution in [2.75, 3.05) is 61.6 Å². The van der Waals surface area contributed by atoms with Gasteiger partial charge in [-0.3, -0.25) is 9.59 Å². The Morgan fingerprint density at radius 3 is 2.33 bits per heavy atom. The Balaban J connectivity index is 1.35. The van der Waals surface area contributed by atoms with E-state index in [0.29, 0.717) is 23.4 Å². The number of amides is 2. The Bertz CT molecular complexity index is 1310. The van der Waals surface area contributed by atoms with Gasteiger partial charge in [-0.15, -0.1) is 0 Å². The minimum Gasteiger partial charge on any atom is -0.495 e. The maximum atomic E-state index is 13.5. The first-order valence-corrected chi connectivity index (χ1v) is 13.6. The molecule has 3 aromatic carbocycles. The zero-order chi connectivity index (χ0) is 27.2. The third kappa shape index (κ3) is 6.17. The smallest absolute Gasteiger partial charge is 0.255 e. The number of nitrogens with zero attached hydrogens (tertiary/aromatic N) is 2. The van der Waals surface area contributed by atoms with Gasteiger partial charge in [0.15, 0.2) is 0 Å². The number of benzene rings is 3. The summed E-state index contributed by atoms with van der Waals surface area (Å²) in [6.45, 7) is 6.21. The Morgan fingerprint density at radius 2 is 1.62 bits per heavy atom. The molecule has 5 rings (SSSR count). The number of rotatable bonds is 8. The van der Waals surface area contributed by atoms with Crippen LogP contribution in [0, 0.1) is 6.92 Å². The molecule has 204 valence electrons.